The number of nitrogens with one attached hydrogen (secondary N) is 2. The zero-order chi connectivity index (χ0) is 20.3. The summed E-state index contributed by atoms with van der Waals surface area (Å²) in [4.78, 5) is 49.6. The van der Waals surface area contributed by atoms with Crippen LogP contribution in [0.5, 0.6) is 5.75 Å². The number of phenolic OH excluding ortho intramolecular Hbond substituents is 1. The fraction of sp³-hybridized carbons (Fsp3) is 0.200. The predicted octanol–water partition coefficient (Wildman–Crippen LogP) is 1.54. The van der Waals surface area contributed by atoms with Crippen LogP contribution in [0.2, 0.25) is 0 Å². The van der Waals surface area contributed by atoms with E-state index in [-0.39, 0.29) is 42.5 Å². The van der Waals surface area contributed by atoms with Gasteiger partial charge in [-0.3, -0.25) is 34.9 Å². The first-order chi connectivity index (χ1) is 13.4. The molecule has 144 valence electrons. The number of fused-ring (bicyclic) bond motifs is 1. The van der Waals surface area contributed by atoms with E-state index in [0.29, 0.717) is 11.1 Å². The van der Waals surface area contributed by atoms with Gasteiger partial charge in [-0.25, -0.2) is 0 Å². The smallest absolute Gasteiger partial charge is 0.273 e. The number of rotatable bonds is 5. The van der Waals surface area contributed by atoms with E-state index < -0.39 is 11.8 Å². The summed E-state index contributed by atoms with van der Waals surface area (Å²) in [6, 6.07) is 11.0. The molecule has 0 aromatic heterocycles. The Labute approximate surface area is 161 Å². The maximum atomic E-state index is 12.4. The molecule has 0 saturated carbocycles. The van der Waals surface area contributed by atoms with Crippen LogP contribution in [-0.2, 0) is 4.79 Å². The molecule has 1 aliphatic rings. The zero-order valence-electron chi connectivity index (χ0n) is 15.2. The van der Waals surface area contributed by atoms with Crippen molar-refractivity contribution in [2.45, 2.75) is 19.8 Å². The van der Waals surface area contributed by atoms with Gasteiger partial charge in [-0.2, -0.15) is 0 Å². The van der Waals surface area contributed by atoms with Crippen LogP contribution in [0, 0.1) is 6.92 Å². The van der Waals surface area contributed by atoms with Gasteiger partial charge in [0.2, 0.25) is 5.91 Å². The number of carbonyl (C=O) groups is 4. The van der Waals surface area contributed by atoms with Crippen LogP contribution in [-0.4, -0.2) is 40.2 Å². The van der Waals surface area contributed by atoms with Crippen molar-refractivity contribution in [3.05, 3.63) is 64.7 Å². The minimum absolute atomic E-state index is 0.00743. The molecule has 1 aliphatic heterocycles. The first kappa shape index (κ1) is 19.1. The first-order valence-corrected chi connectivity index (χ1v) is 8.72. The summed E-state index contributed by atoms with van der Waals surface area (Å²) in [6.45, 7) is 1.95. The largest absolute Gasteiger partial charge is 0.507 e. The molecule has 8 nitrogen and oxygen atoms in total. The summed E-state index contributed by atoms with van der Waals surface area (Å²) in [5.74, 6) is -2.06. The third-order valence-electron chi connectivity index (χ3n) is 4.38. The van der Waals surface area contributed by atoms with Gasteiger partial charge in [0.15, 0.2) is 0 Å². The lowest BCUT2D eigenvalue weighted by molar-refractivity contribution is -0.122. The molecular weight excluding hydrogens is 362 g/mol. The van der Waals surface area contributed by atoms with E-state index in [0.717, 1.165) is 10.5 Å². The predicted molar refractivity (Wildman–Crippen MR) is 99.5 cm³/mol. The van der Waals surface area contributed by atoms with Crippen LogP contribution in [0.25, 0.3) is 0 Å². The van der Waals surface area contributed by atoms with E-state index >= 15 is 0 Å². The fourth-order valence-electron chi connectivity index (χ4n) is 2.93. The number of phenols is 1. The van der Waals surface area contributed by atoms with Crippen molar-refractivity contribution >= 4 is 23.6 Å². The van der Waals surface area contributed by atoms with Crippen LogP contribution < -0.4 is 10.9 Å². The quantitative estimate of drug-likeness (QED) is 0.537. The SMILES string of the molecule is Cc1ccc2c(c1)C(=O)N(CCCC(=O)NNC(=O)c1ccccc1O)C2=O. The van der Waals surface area contributed by atoms with E-state index in [2.05, 4.69) is 10.9 Å². The number of hydrogen-bond donors (Lipinski definition) is 3. The van der Waals surface area contributed by atoms with Gasteiger partial charge in [-0.05, 0) is 37.6 Å². The molecule has 28 heavy (non-hydrogen) atoms. The average Bonchev–Trinajstić information content (AvgIpc) is 2.90. The van der Waals surface area contributed by atoms with Gasteiger partial charge < -0.3 is 5.11 Å². The molecule has 3 N–H and O–H groups in total. The van der Waals surface area contributed by atoms with Gasteiger partial charge >= 0.3 is 0 Å². The second-order valence-corrected chi connectivity index (χ2v) is 6.43. The highest BCUT2D eigenvalue weighted by atomic mass is 16.3. The Hall–Kier alpha value is -3.68. The highest BCUT2D eigenvalue weighted by Crippen LogP contribution is 2.24. The molecule has 4 amide bonds. The van der Waals surface area contributed by atoms with E-state index in [9.17, 15) is 24.3 Å². The van der Waals surface area contributed by atoms with Crippen LogP contribution in [0.15, 0.2) is 42.5 Å². The van der Waals surface area contributed by atoms with Crippen LogP contribution >= 0.6 is 0 Å². The Morgan fingerprint density at radius 1 is 1.00 bits per heavy atom. The first-order valence-electron chi connectivity index (χ1n) is 8.72. The van der Waals surface area contributed by atoms with Crippen LogP contribution in [0.4, 0.5) is 0 Å². The molecule has 0 fully saturated rings. The summed E-state index contributed by atoms with van der Waals surface area (Å²) < 4.78 is 0. The van der Waals surface area contributed by atoms with Gasteiger partial charge in [0.05, 0.1) is 16.7 Å². The van der Waals surface area contributed by atoms with Crippen molar-refractivity contribution in [2.24, 2.45) is 0 Å². The van der Waals surface area contributed by atoms with Gasteiger partial charge in [-0.15, -0.1) is 0 Å². The van der Waals surface area contributed by atoms with Crippen molar-refractivity contribution in [1.82, 2.24) is 15.8 Å². The Morgan fingerprint density at radius 2 is 1.71 bits per heavy atom. The number of amides is 4. The molecule has 0 aliphatic carbocycles. The van der Waals surface area contributed by atoms with Crippen molar-refractivity contribution in [3.63, 3.8) is 0 Å². The van der Waals surface area contributed by atoms with Gasteiger partial charge in [0.25, 0.3) is 17.7 Å². The van der Waals surface area contributed by atoms with Crippen molar-refractivity contribution in [3.8, 4) is 5.75 Å². The number of imide groups is 1. The molecule has 0 radical (unpaired) electrons. The van der Waals surface area contributed by atoms with Crippen LogP contribution in [0.3, 0.4) is 0 Å². The molecule has 0 atom stereocenters. The average molecular weight is 381 g/mol. The number of carbonyl (C=O) groups excluding carboxylic acids is 4. The maximum Gasteiger partial charge on any atom is 0.273 e. The number of nitrogens with zero attached hydrogens (tertiary/aromatic N) is 1. The minimum atomic E-state index is -0.651. The number of aryl methyl sites for hydroxylation is 1. The topological polar surface area (TPSA) is 116 Å². The minimum Gasteiger partial charge on any atom is -0.507 e. The molecule has 3 rings (SSSR count). The molecule has 0 spiro atoms. The summed E-state index contributed by atoms with van der Waals surface area (Å²) in [6.07, 6.45) is 0.260. The lowest BCUT2D eigenvalue weighted by Gasteiger charge is -2.13. The fourth-order valence-corrected chi connectivity index (χ4v) is 2.93. The molecule has 1 heterocycles. The third kappa shape index (κ3) is 3.85. The van der Waals surface area contributed by atoms with Crippen LogP contribution in [0.1, 0.15) is 49.5 Å². The zero-order valence-corrected chi connectivity index (χ0v) is 15.2. The number of hydrogen-bond acceptors (Lipinski definition) is 5. The molecule has 2 aromatic rings. The monoisotopic (exact) mass is 381 g/mol. The molecule has 8 heteroatoms. The Kier molecular flexibility index (Phi) is 5.39. The van der Waals surface area contributed by atoms with E-state index in [1.54, 1.807) is 30.3 Å². The highest BCUT2D eigenvalue weighted by molar-refractivity contribution is 6.21. The van der Waals surface area contributed by atoms with Gasteiger partial charge in [0.1, 0.15) is 5.75 Å². The van der Waals surface area contributed by atoms with Crippen molar-refractivity contribution in [2.75, 3.05) is 6.54 Å². The maximum absolute atomic E-state index is 12.4. The van der Waals surface area contributed by atoms with E-state index in [1.165, 1.54) is 12.1 Å². The summed E-state index contributed by atoms with van der Waals surface area (Å²) >= 11 is 0. The van der Waals surface area contributed by atoms with E-state index in [4.69, 9.17) is 0 Å². The Morgan fingerprint density at radius 3 is 2.46 bits per heavy atom. The molecular formula is C20H19N3O5. The Bertz CT molecular complexity index is 970. The highest BCUT2D eigenvalue weighted by Gasteiger charge is 2.34. The second-order valence-electron chi connectivity index (χ2n) is 6.43. The van der Waals surface area contributed by atoms with Crippen molar-refractivity contribution in [1.29, 1.82) is 0 Å². The lowest BCUT2D eigenvalue weighted by atomic mass is 10.1. The normalized spacial score (nSPS) is 12.7. The summed E-state index contributed by atoms with van der Waals surface area (Å²) in [5.41, 5.74) is 6.12. The Balaban J connectivity index is 1.47. The van der Waals surface area contributed by atoms with Crippen molar-refractivity contribution < 1.29 is 24.3 Å². The second kappa shape index (κ2) is 7.91. The summed E-state index contributed by atoms with van der Waals surface area (Å²) in [5, 5.41) is 9.61. The molecule has 0 bridgehead atoms. The molecule has 0 unspecified atom stereocenters. The van der Waals surface area contributed by atoms with Gasteiger partial charge in [0, 0.05) is 13.0 Å². The standard InChI is InChI=1S/C20H19N3O5/c1-12-8-9-13-15(11-12)20(28)23(19(13)27)10-4-7-17(25)21-22-18(26)14-5-2-3-6-16(14)24/h2-3,5-6,8-9,11,24H,4,7,10H2,1H3,(H,21,25)(H,22,26). The van der Waals surface area contributed by atoms with E-state index in [1.807, 2.05) is 6.92 Å². The number of hydrazine groups is 1. The number of benzene rings is 2. The molecule has 2 aromatic carbocycles. The lowest BCUT2D eigenvalue weighted by Crippen LogP contribution is -2.42. The number of para-hydroxylation sites is 1. The third-order valence-corrected chi connectivity index (χ3v) is 4.38. The summed E-state index contributed by atoms with van der Waals surface area (Å²) in [7, 11) is 0. The van der Waals surface area contributed by atoms with Gasteiger partial charge in [-0.1, -0.05) is 23.8 Å². The molecule has 0 saturated heterocycles. The number of aromatic hydroxyl groups is 1.